The topological polar surface area (TPSA) is 27.8 Å². The molecule has 1 aromatic heterocycles. The second kappa shape index (κ2) is 3.62. The SMILES string of the molecule is C#CCNc1c[nH]c2cc(F)c(F)cc12. The van der Waals surface area contributed by atoms with Crippen LogP contribution in [0.25, 0.3) is 10.9 Å². The van der Waals surface area contributed by atoms with Crippen molar-refractivity contribution < 1.29 is 8.78 Å². The molecule has 0 aliphatic heterocycles. The average Bonchev–Trinajstić information content (AvgIpc) is 2.59. The molecule has 0 atom stereocenters. The van der Waals surface area contributed by atoms with Crippen molar-refractivity contribution in [2.75, 3.05) is 11.9 Å². The van der Waals surface area contributed by atoms with Gasteiger partial charge in [-0.2, -0.15) is 0 Å². The van der Waals surface area contributed by atoms with Crippen LogP contribution in [0.3, 0.4) is 0 Å². The lowest BCUT2D eigenvalue weighted by Gasteiger charge is -1.99. The van der Waals surface area contributed by atoms with Gasteiger partial charge in [0.05, 0.1) is 17.7 Å². The molecular weight excluding hydrogens is 198 g/mol. The third-order valence-electron chi connectivity index (χ3n) is 2.10. The largest absolute Gasteiger partial charge is 0.372 e. The fourth-order valence-electron chi connectivity index (χ4n) is 1.41. The number of halogens is 2. The molecule has 2 N–H and O–H groups in total. The Morgan fingerprint density at radius 2 is 2.07 bits per heavy atom. The number of hydrogen-bond acceptors (Lipinski definition) is 1. The van der Waals surface area contributed by atoms with E-state index >= 15 is 0 Å². The minimum Gasteiger partial charge on any atom is -0.372 e. The van der Waals surface area contributed by atoms with Crippen LogP contribution in [0.1, 0.15) is 0 Å². The van der Waals surface area contributed by atoms with Gasteiger partial charge in [0.1, 0.15) is 0 Å². The van der Waals surface area contributed by atoms with Crippen LogP contribution in [0.5, 0.6) is 0 Å². The van der Waals surface area contributed by atoms with Crippen molar-refractivity contribution >= 4 is 16.6 Å². The molecule has 0 aliphatic carbocycles. The Hall–Kier alpha value is -2.02. The van der Waals surface area contributed by atoms with Gasteiger partial charge in [-0.3, -0.25) is 0 Å². The predicted molar refractivity (Wildman–Crippen MR) is 55.5 cm³/mol. The van der Waals surface area contributed by atoms with Crippen LogP contribution < -0.4 is 5.32 Å². The minimum absolute atomic E-state index is 0.339. The summed E-state index contributed by atoms with van der Waals surface area (Å²) in [4.78, 5) is 2.83. The number of H-pyrrole nitrogens is 1. The normalized spacial score (nSPS) is 10.2. The summed E-state index contributed by atoms with van der Waals surface area (Å²) in [7, 11) is 0. The standard InChI is InChI=1S/C11H8F2N2/c1-2-3-14-11-6-15-10-5-9(13)8(12)4-7(10)11/h1,4-6,14-15H,3H2. The van der Waals surface area contributed by atoms with E-state index in [9.17, 15) is 8.78 Å². The molecule has 2 nitrogen and oxygen atoms in total. The van der Waals surface area contributed by atoms with E-state index in [0.717, 1.165) is 12.1 Å². The highest BCUT2D eigenvalue weighted by atomic mass is 19.2. The van der Waals surface area contributed by atoms with E-state index in [1.807, 2.05) is 0 Å². The fourth-order valence-corrected chi connectivity index (χ4v) is 1.41. The number of anilines is 1. The minimum atomic E-state index is -0.870. The number of benzene rings is 1. The molecule has 0 bridgehead atoms. The Kier molecular flexibility index (Phi) is 2.30. The quantitative estimate of drug-likeness (QED) is 0.726. The van der Waals surface area contributed by atoms with Gasteiger partial charge in [0.25, 0.3) is 0 Å². The fraction of sp³-hybridized carbons (Fsp3) is 0.0909. The first-order valence-electron chi connectivity index (χ1n) is 4.36. The lowest BCUT2D eigenvalue weighted by molar-refractivity contribution is 0.511. The first-order valence-corrected chi connectivity index (χ1v) is 4.36. The number of terminal acetylenes is 1. The molecule has 4 heteroatoms. The zero-order chi connectivity index (χ0) is 10.8. The number of aromatic nitrogens is 1. The van der Waals surface area contributed by atoms with Gasteiger partial charge in [0, 0.05) is 17.6 Å². The summed E-state index contributed by atoms with van der Waals surface area (Å²) in [6, 6.07) is 2.26. The summed E-state index contributed by atoms with van der Waals surface area (Å²) in [5, 5.41) is 3.49. The maximum atomic E-state index is 13.0. The van der Waals surface area contributed by atoms with Crippen molar-refractivity contribution in [3.63, 3.8) is 0 Å². The van der Waals surface area contributed by atoms with Gasteiger partial charge >= 0.3 is 0 Å². The Morgan fingerprint density at radius 1 is 1.33 bits per heavy atom. The number of hydrogen-bond donors (Lipinski definition) is 2. The smallest absolute Gasteiger partial charge is 0.160 e. The van der Waals surface area contributed by atoms with Gasteiger partial charge in [-0.15, -0.1) is 6.42 Å². The summed E-state index contributed by atoms with van der Waals surface area (Å²) in [5.41, 5.74) is 1.20. The van der Waals surface area contributed by atoms with Crippen molar-refractivity contribution in [2.45, 2.75) is 0 Å². The third-order valence-corrected chi connectivity index (χ3v) is 2.10. The van der Waals surface area contributed by atoms with Crippen LogP contribution in [0.2, 0.25) is 0 Å². The predicted octanol–water partition coefficient (Wildman–Crippen LogP) is 2.49. The maximum Gasteiger partial charge on any atom is 0.160 e. The lowest BCUT2D eigenvalue weighted by atomic mass is 10.2. The van der Waals surface area contributed by atoms with Crippen LogP contribution in [-0.4, -0.2) is 11.5 Å². The Morgan fingerprint density at radius 3 is 2.80 bits per heavy atom. The van der Waals surface area contributed by atoms with Crippen molar-refractivity contribution in [1.82, 2.24) is 4.98 Å². The van der Waals surface area contributed by atoms with Gasteiger partial charge in [-0.05, 0) is 6.07 Å². The summed E-state index contributed by atoms with van der Waals surface area (Å²) < 4.78 is 25.8. The number of fused-ring (bicyclic) bond motifs is 1. The molecule has 1 heterocycles. The van der Waals surface area contributed by atoms with E-state index in [0.29, 0.717) is 23.1 Å². The Balaban J connectivity index is 2.50. The molecule has 0 radical (unpaired) electrons. The van der Waals surface area contributed by atoms with Crippen molar-refractivity contribution in [1.29, 1.82) is 0 Å². The molecule has 1 aromatic carbocycles. The second-order valence-electron chi connectivity index (χ2n) is 3.07. The zero-order valence-electron chi connectivity index (χ0n) is 7.77. The zero-order valence-corrected chi connectivity index (χ0v) is 7.77. The molecule has 0 aliphatic rings. The summed E-state index contributed by atoms with van der Waals surface area (Å²) in [6.45, 7) is 0.339. The van der Waals surface area contributed by atoms with E-state index in [4.69, 9.17) is 6.42 Å². The Bertz CT molecular complexity index is 537. The number of rotatable bonds is 2. The third kappa shape index (κ3) is 1.64. The highest BCUT2D eigenvalue weighted by Gasteiger charge is 2.08. The molecular formula is C11H8F2N2. The monoisotopic (exact) mass is 206 g/mol. The molecule has 0 saturated heterocycles. The summed E-state index contributed by atoms with van der Waals surface area (Å²) in [5.74, 6) is 0.667. The number of nitrogens with one attached hydrogen (secondary N) is 2. The van der Waals surface area contributed by atoms with Crippen molar-refractivity contribution in [3.05, 3.63) is 30.0 Å². The van der Waals surface area contributed by atoms with Gasteiger partial charge in [0.2, 0.25) is 0 Å². The van der Waals surface area contributed by atoms with E-state index in [1.54, 1.807) is 6.20 Å². The van der Waals surface area contributed by atoms with E-state index in [2.05, 4.69) is 16.2 Å². The second-order valence-corrected chi connectivity index (χ2v) is 3.07. The van der Waals surface area contributed by atoms with Crippen LogP contribution in [-0.2, 0) is 0 Å². The lowest BCUT2D eigenvalue weighted by Crippen LogP contribution is -1.97. The van der Waals surface area contributed by atoms with Crippen LogP contribution in [0.4, 0.5) is 14.5 Å². The molecule has 76 valence electrons. The highest BCUT2D eigenvalue weighted by Crippen LogP contribution is 2.25. The van der Waals surface area contributed by atoms with Crippen LogP contribution in [0.15, 0.2) is 18.3 Å². The number of aromatic amines is 1. The summed E-state index contributed by atoms with van der Waals surface area (Å²) >= 11 is 0. The first kappa shape index (κ1) is 9.53. The molecule has 15 heavy (non-hydrogen) atoms. The van der Waals surface area contributed by atoms with Crippen molar-refractivity contribution in [3.8, 4) is 12.3 Å². The average molecular weight is 206 g/mol. The van der Waals surface area contributed by atoms with Crippen LogP contribution >= 0.6 is 0 Å². The van der Waals surface area contributed by atoms with Crippen molar-refractivity contribution in [2.24, 2.45) is 0 Å². The molecule has 0 fully saturated rings. The molecule has 0 amide bonds. The molecule has 2 aromatic rings. The molecule has 0 unspecified atom stereocenters. The molecule has 0 spiro atoms. The van der Waals surface area contributed by atoms with Gasteiger partial charge < -0.3 is 10.3 Å². The molecule has 0 saturated carbocycles. The van der Waals surface area contributed by atoms with E-state index in [1.165, 1.54) is 0 Å². The van der Waals surface area contributed by atoms with Gasteiger partial charge in [-0.1, -0.05) is 5.92 Å². The highest BCUT2D eigenvalue weighted by molar-refractivity contribution is 5.92. The molecule has 2 rings (SSSR count). The van der Waals surface area contributed by atoms with Gasteiger partial charge in [-0.25, -0.2) is 8.78 Å². The van der Waals surface area contributed by atoms with E-state index in [-0.39, 0.29) is 0 Å². The summed E-state index contributed by atoms with van der Waals surface area (Å²) in [6.07, 6.45) is 6.71. The maximum absolute atomic E-state index is 13.0. The Labute approximate surface area is 85.3 Å². The van der Waals surface area contributed by atoms with Crippen LogP contribution in [0, 0.1) is 24.0 Å². The van der Waals surface area contributed by atoms with E-state index < -0.39 is 11.6 Å². The first-order chi connectivity index (χ1) is 7.22. The van der Waals surface area contributed by atoms with Gasteiger partial charge in [0.15, 0.2) is 11.6 Å².